The maximum absolute atomic E-state index is 13.0. The SMILES string of the molecule is CCCCCCCCCCCCCC(=O)OC[C@H](COP(=O)(O)OC[C@@H](O)COP(=O)(O)OC[C@@H](COC(=O)CCCCCCC)OC(=O)CCCCCCCCCCCC)OC(=O)CCCCCCCCCCCCCCCC(C)C. The Morgan fingerprint density at radius 1 is 0.329 bits per heavy atom. The summed E-state index contributed by atoms with van der Waals surface area (Å²) in [5.41, 5.74) is 0. The van der Waals surface area contributed by atoms with E-state index in [0.717, 1.165) is 102 Å². The molecule has 0 aromatic carbocycles. The van der Waals surface area contributed by atoms with Crippen LogP contribution in [0, 0.1) is 5.92 Å². The van der Waals surface area contributed by atoms with Gasteiger partial charge in [-0.1, -0.05) is 266 Å². The van der Waals surface area contributed by atoms with E-state index in [4.69, 9.17) is 37.0 Å². The van der Waals surface area contributed by atoms with Crippen molar-refractivity contribution in [3.05, 3.63) is 0 Å². The molecule has 0 aliphatic rings. The lowest BCUT2D eigenvalue weighted by Gasteiger charge is -2.21. The van der Waals surface area contributed by atoms with Crippen LogP contribution in [-0.2, 0) is 65.4 Å². The second kappa shape index (κ2) is 56.8. The van der Waals surface area contributed by atoms with Crippen LogP contribution < -0.4 is 0 Å². The number of rotatable bonds is 63. The molecule has 0 aliphatic carbocycles. The molecule has 0 aromatic heterocycles. The van der Waals surface area contributed by atoms with Gasteiger partial charge in [-0.15, -0.1) is 0 Å². The zero-order chi connectivity index (χ0) is 60.6. The van der Waals surface area contributed by atoms with Gasteiger partial charge in [-0.05, 0) is 31.6 Å². The number of hydrogen-bond acceptors (Lipinski definition) is 15. The zero-order valence-electron chi connectivity index (χ0n) is 52.6. The van der Waals surface area contributed by atoms with Crippen LogP contribution in [-0.4, -0.2) is 96.7 Å². The van der Waals surface area contributed by atoms with Crippen molar-refractivity contribution >= 4 is 39.5 Å². The van der Waals surface area contributed by atoms with Gasteiger partial charge < -0.3 is 33.8 Å². The minimum Gasteiger partial charge on any atom is -0.462 e. The van der Waals surface area contributed by atoms with Crippen molar-refractivity contribution in [2.24, 2.45) is 5.92 Å². The number of esters is 4. The van der Waals surface area contributed by atoms with Gasteiger partial charge in [0.1, 0.15) is 19.3 Å². The molecular formula is C63H122O17P2. The number of unbranched alkanes of at least 4 members (excludes halogenated alkanes) is 35. The Bertz CT molecular complexity index is 1600. The number of hydrogen-bond donors (Lipinski definition) is 3. The van der Waals surface area contributed by atoms with Crippen molar-refractivity contribution in [2.75, 3.05) is 39.6 Å². The minimum absolute atomic E-state index is 0.106. The predicted octanol–water partition coefficient (Wildman–Crippen LogP) is 17.4. The van der Waals surface area contributed by atoms with Crippen LogP contribution in [0.4, 0.5) is 0 Å². The highest BCUT2D eigenvalue weighted by Gasteiger charge is 2.30. The molecule has 2 unspecified atom stereocenters. The monoisotopic (exact) mass is 1210 g/mol. The number of aliphatic hydroxyl groups excluding tert-OH is 1. The number of carbonyl (C=O) groups excluding carboxylic acids is 4. The van der Waals surface area contributed by atoms with Crippen LogP contribution in [0.25, 0.3) is 0 Å². The summed E-state index contributed by atoms with van der Waals surface area (Å²) >= 11 is 0. The minimum atomic E-state index is -4.94. The molecule has 0 bridgehead atoms. The molecule has 0 saturated heterocycles. The third-order valence-corrected chi connectivity index (χ3v) is 16.4. The molecule has 0 saturated carbocycles. The molecule has 3 N–H and O–H groups in total. The summed E-state index contributed by atoms with van der Waals surface area (Å²) in [4.78, 5) is 71.9. The molecule has 0 radical (unpaired) electrons. The van der Waals surface area contributed by atoms with Crippen LogP contribution in [0.15, 0.2) is 0 Å². The van der Waals surface area contributed by atoms with Gasteiger partial charge in [0, 0.05) is 25.7 Å². The first kappa shape index (κ1) is 80.1. The van der Waals surface area contributed by atoms with E-state index < -0.39 is 97.5 Å². The first-order chi connectivity index (χ1) is 39.5. The van der Waals surface area contributed by atoms with E-state index in [1.54, 1.807) is 0 Å². The van der Waals surface area contributed by atoms with Gasteiger partial charge in [0.05, 0.1) is 26.4 Å². The fourth-order valence-electron chi connectivity index (χ4n) is 9.41. The van der Waals surface area contributed by atoms with Crippen LogP contribution in [0.1, 0.15) is 317 Å². The molecule has 0 spiro atoms. The standard InChI is InChI=1S/C63H122O17P2/c1-6-9-12-15-17-19-24-29-32-37-42-47-61(66)74-53-59(80-63(68)49-44-39-34-30-26-23-21-22-25-27-31-36-40-45-56(4)5)55-78-82(71,72)76-51-57(64)50-75-81(69,70)77-54-58(52-73-60(65)46-41-35-14-11-8-3)79-62(67)48-43-38-33-28-20-18-16-13-10-7-2/h56-59,64H,6-55H2,1-5H3,(H,69,70)(H,71,72)/t57-,58+,59+/m0/s1. The summed E-state index contributed by atoms with van der Waals surface area (Å²) in [6.45, 7) is 7.11. The Balaban J connectivity index is 5.16. The molecule has 0 amide bonds. The Labute approximate surface area is 498 Å². The lowest BCUT2D eigenvalue weighted by atomic mass is 10.0. The first-order valence-electron chi connectivity index (χ1n) is 33.1. The fraction of sp³-hybridized carbons (Fsp3) is 0.937. The third-order valence-electron chi connectivity index (χ3n) is 14.5. The van der Waals surface area contributed by atoms with Crippen LogP contribution >= 0.6 is 15.6 Å². The lowest BCUT2D eigenvalue weighted by molar-refractivity contribution is -0.161. The Morgan fingerprint density at radius 3 is 0.829 bits per heavy atom. The van der Waals surface area contributed by atoms with E-state index in [1.165, 1.54) is 135 Å². The van der Waals surface area contributed by atoms with Crippen LogP contribution in [0.3, 0.4) is 0 Å². The van der Waals surface area contributed by atoms with E-state index in [9.17, 15) is 43.2 Å². The quantitative estimate of drug-likeness (QED) is 0.0222. The van der Waals surface area contributed by atoms with Crippen LogP contribution in [0.5, 0.6) is 0 Å². The molecule has 17 nitrogen and oxygen atoms in total. The molecular weight excluding hydrogens is 1090 g/mol. The van der Waals surface area contributed by atoms with Gasteiger partial charge >= 0.3 is 39.5 Å². The van der Waals surface area contributed by atoms with E-state index in [1.807, 2.05) is 0 Å². The lowest BCUT2D eigenvalue weighted by Crippen LogP contribution is -2.30. The molecule has 0 aromatic rings. The molecule has 19 heteroatoms. The normalized spacial score (nSPS) is 14.3. The van der Waals surface area contributed by atoms with E-state index in [2.05, 4.69) is 34.6 Å². The number of ether oxygens (including phenoxy) is 4. The first-order valence-corrected chi connectivity index (χ1v) is 36.1. The second-order valence-electron chi connectivity index (χ2n) is 23.3. The van der Waals surface area contributed by atoms with Crippen molar-refractivity contribution < 1.29 is 80.2 Å². The van der Waals surface area contributed by atoms with Gasteiger partial charge in [0.25, 0.3) is 0 Å². The molecule has 0 fully saturated rings. The van der Waals surface area contributed by atoms with Crippen molar-refractivity contribution in [3.8, 4) is 0 Å². The third kappa shape index (κ3) is 57.2. The van der Waals surface area contributed by atoms with Crippen molar-refractivity contribution in [3.63, 3.8) is 0 Å². The zero-order valence-corrected chi connectivity index (χ0v) is 54.4. The Morgan fingerprint density at radius 2 is 0.561 bits per heavy atom. The van der Waals surface area contributed by atoms with Crippen molar-refractivity contribution in [1.29, 1.82) is 0 Å². The van der Waals surface area contributed by atoms with Gasteiger partial charge in [0.2, 0.25) is 0 Å². The summed E-state index contributed by atoms with van der Waals surface area (Å²) in [6.07, 6.45) is 40.6. The number of phosphoric acid groups is 2. The van der Waals surface area contributed by atoms with E-state index in [0.29, 0.717) is 25.7 Å². The number of phosphoric ester groups is 2. The molecule has 82 heavy (non-hydrogen) atoms. The molecule has 5 atom stereocenters. The summed E-state index contributed by atoms with van der Waals surface area (Å²) in [7, 11) is -9.87. The number of carbonyl (C=O) groups is 4. The summed E-state index contributed by atoms with van der Waals surface area (Å²) < 4.78 is 67.8. The molecule has 0 rings (SSSR count). The molecule has 486 valence electrons. The summed E-state index contributed by atoms with van der Waals surface area (Å²) in [6, 6.07) is 0. The van der Waals surface area contributed by atoms with E-state index in [-0.39, 0.29) is 25.7 Å². The van der Waals surface area contributed by atoms with Gasteiger partial charge in [-0.25, -0.2) is 9.13 Å². The fourth-order valence-corrected chi connectivity index (χ4v) is 11.0. The van der Waals surface area contributed by atoms with Crippen molar-refractivity contribution in [1.82, 2.24) is 0 Å². The Kier molecular flexibility index (Phi) is 55.5. The topological polar surface area (TPSA) is 237 Å². The summed E-state index contributed by atoms with van der Waals surface area (Å²) in [5.74, 6) is -1.36. The summed E-state index contributed by atoms with van der Waals surface area (Å²) in [5, 5.41) is 10.5. The Hall–Kier alpha value is -1.94. The maximum atomic E-state index is 13.0. The van der Waals surface area contributed by atoms with Crippen molar-refractivity contribution in [2.45, 2.75) is 335 Å². The van der Waals surface area contributed by atoms with Gasteiger partial charge in [-0.2, -0.15) is 0 Å². The number of aliphatic hydroxyl groups is 1. The molecule has 0 heterocycles. The molecule has 0 aliphatic heterocycles. The highest BCUT2D eigenvalue weighted by atomic mass is 31.2. The highest BCUT2D eigenvalue weighted by Crippen LogP contribution is 2.45. The average Bonchev–Trinajstić information content (AvgIpc) is 3.45. The van der Waals surface area contributed by atoms with Gasteiger partial charge in [-0.3, -0.25) is 37.3 Å². The smallest absolute Gasteiger partial charge is 0.462 e. The average molecular weight is 1210 g/mol. The largest absolute Gasteiger partial charge is 0.472 e. The second-order valence-corrected chi connectivity index (χ2v) is 26.2. The highest BCUT2D eigenvalue weighted by molar-refractivity contribution is 7.47. The van der Waals surface area contributed by atoms with Gasteiger partial charge in [0.15, 0.2) is 12.2 Å². The predicted molar refractivity (Wildman–Crippen MR) is 326 cm³/mol. The van der Waals surface area contributed by atoms with Crippen LogP contribution in [0.2, 0.25) is 0 Å². The maximum Gasteiger partial charge on any atom is 0.472 e. The van der Waals surface area contributed by atoms with E-state index >= 15 is 0 Å².